The van der Waals surface area contributed by atoms with Crippen LogP contribution in [0.3, 0.4) is 0 Å². The van der Waals surface area contributed by atoms with Gasteiger partial charge < -0.3 is 10.1 Å². The maximum atomic E-state index is 11.0. The largest absolute Gasteiger partial charge is 0.495 e. The van der Waals surface area contributed by atoms with E-state index >= 15 is 0 Å². The fourth-order valence-corrected chi connectivity index (χ4v) is 1.27. The molecule has 0 radical (unpaired) electrons. The van der Waals surface area contributed by atoms with E-state index in [1.165, 1.54) is 14.0 Å². The Labute approximate surface area is 110 Å². The van der Waals surface area contributed by atoms with Crippen molar-refractivity contribution in [2.75, 3.05) is 17.9 Å². The highest BCUT2D eigenvalue weighted by Gasteiger charge is 2.05. The van der Waals surface area contributed by atoms with Gasteiger partial charge in [0.2, 0.25) is 11.6 Å². The molecule has 0 spiro atoms. The van der Waals surface area contributed by atoms with Crippen molar-refractivity contribution in [3.8, 4) is 17.9 Å². The Morgan fingerprint density at radius 2 is 2.05 bits per heavy atom. The standard InChI is InChI=1S/C12H11N5O2/c1-8(18)15-9-3-4-12(19-2)11(5-9)17-16-10(6-13)7-14/h3-5,17H,1-2H3,(H,15,18). The molecule has 0 aliphatic carbocycles. The number of hydrogen-bond acceptors (Lipinski definition) is 6. The second-order valence-electron chi connectivity index (χ2n) is 3.39. The van der Waals surface area contributed by atoms with E-state index < -0.39 is 0 Å². The Hall–Kier alpha value is -3.06. The van der Waals surface area contributed by atoms with Crippen molar-refractivity contribution in [1.82, 2.24) is 0 Å². The first-order valence-corrected chi connectivity index (χ1v) is 5.20. The van der Waals surface area contributed by atoms with Crippen molar-refractivity contribution in [1.29, 1.82) is 10.5 Å². The van der Waals surface area contributed by atoms with E-state index in [0.29, 0.717) is 17.1 Å². The maximum absolute atomic E-state index is 11.0. The number of anilines is 2. The molecule has 2 N–H and O–H groups in total. The molecule has 0 aliphatic rings. The zero-order valence-electron chi connectivity index (χ0n) is 10.4. The van der Waals surface area contributed by atoms with Crippen LogP contribution in [0.4, 0.5) is 11.4 Å². The molecule has 1 aromatic carbocycles. The molecule has 96 valence electrons. The number of carbonyl (C=O) groups is 1. The lowest BCUT2D eigenvalue weighted by molar-refractivity contribution is -0.114. The fourth-order valence-electron chi connectivity index (χ4n) is 1.27. The first-order chi connectivity index (χ1) is 9.10. The molecule has 19 heavy (non-hydrogen) atoms. The number of nitriles is 2. The van der Waals surface area contributed by atoms with Gasteiger partial charge in [0.1, 0.15) is 23.6 Å². The average Bonchev–Trinajstić information content (AvgIpc) is 2.39. The highest BCUT2D eigenvalue weighted by molar-refractivity contribution is 6.10. The lowest BCUT2D eigenvalue weighted by atomic mass is 10.2. The van der Waals surface area contributed by atoms with Crippen LogP contribution in [-0.2, 0) is 4.79 Å². The maximum Gasteiger partial charge on any atom is 0.237 e. The number of ether oxygens (including phenoxy) is 1. The number of nitrogens with zero attached hydrogens (tertiary/aromatic N) is 3. The zero-order chi connectivity index (χ0) is 14.3. The summed E-state index contributed by atoms with van der Waals surface area (Å²) in [6.07, 6.45) is 0. The van der Waals surface area contributed by atoms with Gasteiger partial charge >= 0.3 is 0 Å². The summed E-state index contributed by atoms with van der Waals surface area (Å²) in [5.74, 6) is 0.252. The Kier molecular flexibility index (Phi) is 4.88. The third kappa shape index (κ3) is 4.02. The Balaban J connectivity index is 3.04. The van der Waals surface area contributed by atoms with Gasteiger partial charge in [-0.1, -0.05) is 0 Å². The molecule has 0 saturated carbocycles. The number of benzene rings is 1. The number of methoxy groups -OCH3 is 1. The Morgan fingerprint density at radius 3 is 2.58 bits per heavy atom. The first-order valence-electron chi connectivity index (χ1n) is 5.20. The second-order valence-corrected chi connectivity index (χ2v) is 3.39. The van der Waals surface area contributed by atoms with Gasteiger partial charge in [-0.15, -0.1) is 0 Å². The Morgan fingerprint density at radius 1 is 1.37 bits per heavy atom. The third-order valence-electron chi connectivity index (χ3n) is 2.02. The predicted octanol–water partition coefficient (Wildman–Crippen LogP) is 1.47. The van der Waals surface area contributed by atoms with Crippen molar-refractivity contribution in [3.05, 3.63) is 18.2 Å². The van der Waals surface area contributed by atoms with Gasteiger partial charge in [-0.05, 0) is 18.2 Å². The van der Waals surface area contributed by atoms with Gasteiger partial charge in [-0.25, -0.2) is 0 Å². The fraction of sp³-hybridized carbons (Fsp3) is 0.167. The van der Waals surface area contributed by atoms with Gasteiger partial charge in [-0.3, -0.25) is 10.2 Å². The molecular weight excluding hydrogens is 246 g/mol. The number of hydrogen-bond donors (Lipinski definition) is 2. The van der Waals surface area contributed by atoms with E-state index in [-0.39, 0.29) is 11.6 Å². The van der Waals surface area contributed by atoms with E-state index in [1.54, 1.807) is 30.3 Å². The smallest absolute Gasteiger partial charge is 0.237 e. The minimum atomic E-state index is -0.313. The van der Waals surface area contributed by atoms with Crippen LogP contribution >= 0.6 is 0 Å². The van der Waals surface area contributed by atoms with E-state index in [0.717, 1.165) is 0 Å². The Bertz CT molecular complexity index is 579. The quantitative estimate of drug-likeness (QED) is 0.626. The highest BCUT2D eigenvalue weighted by atomic mass is 16.5. The van der Waals surface area contributed by atoms with E-state index in [9.17, 15) is 4.79 Å². The molecule has 1 aromatic rings. The summed E-state index contributed by atoms with van der Waals surface area (Å²) in [6.45, 7) is 1.39. The third-order valence-corrected chi connectivity index (χ3v) is 2.02. The number of hydrazone groups is 1. The zero-order valence-corrected chi connectivity index (χ0v) is 10.4. The number of carbonyl (C=O) groups excluding carboxylic acids is 1. The molecular formula is C12H11N5O2. The monoisotopic (exact) mass is 257 g/mol. The van der Waals surface area contributed by atoms with Crippen molar-refractivity contribution in [2.45, 2.75) is 6.92 Å². The summed E-state index contributed by atoms with van der Waals surface area (Å²) >= 11 is 0. The van der Waals surface area contributed by atoms with Crippen LogP contribution < -0.4 is 15.5 Å². The molecule has 0 saturated heterocycles. The average molecular weight is 257 g/mol. The van der Waals surface area contributed by atoms with Crippen LogP contribution in [0.1, 0.15) is 6.92 Å². The van der Waals surface area contributed by atoms with E-state index in [4.69, 9.17) is 15.3 Å². The summed E-state index contributed by atoms with van der Waals surface area (Å²) in [6, 6.07) is 8.11. The van der Waals surface area contributed by atoms with Gasteiger partial charge in [0.05, 0.1) is 7.11 Å². The molecule has 0 bridgehead atoms. The first kappa shape index (κ1) is 14.0. The van der Waals surface area contributed by atoms with Gasteiger partial charge in [0.15, 0.2) is 0 Å². The normalized spacial score (nSPS) is 8.63. The molecule has 0 aromatic heterocycles. The molecule has 0 unspecified atom stereocenters. The molecule has 7 nitrogen and oxygen atoms in total. The van der Waals surface area contributed by atoms with Crippen LogP contribution in [0.2, 0.25) is 0 Å². The summed E-state index contributed by atoms with van der Waals surface area (Å²) in [4.78, 5) is 11.0. The summed E-state index contributed by atoms with van der Waals surface area (Å²) in [5, 5.41) is 23.4. The minimum Gasteiger partial charge on any atom is -0.495 e. The number of nitrogens with one attached hydrogen (secondary N) is 2. The van der Waals surface area contributed by atoms with Crippen LogP contribution in [0.5, 0.6) is 5.75 Å². The van der Waals surface area contributed by atoms with Gasteiger partial charge in [0.25, 0.3) is 0 Å². The van der Waals surface area contributed by atoms with Crippen LogP contribution in [0.25, 0.3) is 0 Å². The van der Waals surface area contributed by atoms with Crippen molar-refractivity contribution in [2.24, 2.45) is 5.10 Å². The molecule has 0 atom stereocenters. The van der Waals surface area contributed by atoms with Crippen LogP contribution in [0.15, 0.2) is 23.3 Å². The summed E-state index contributed by atoms with van der Waals surface area (Å²) in [5.41, 5.74) is 3.20. The molecule has 0 heterocycles. The van der Waals surface area contributed by atoms with Crippen molar-refractivity contribution < 1.29 is 9.53 Å². The lowest BCUT2D eigenvalue weighted by Crippen LogP contribution is -2.06. The van der Waals surface area contributed by atoms with Gasteiger partial charge in [-0.2, -0.15) is 15.6 Å². The second kappa shape index (κ2) is 6.62. The molecule has 0 fully saturated rings. The minimum absolute atomic E-state index is 0.214. The molecule has 0 aliphatic heterocycles. The van der Waals surface area contributed by atoms with E-state index in [1.807, 2.05) is 0 Å². The molecule has 1 amide bonds. The highest BCUT2D eigenvalue weighted by Crippen LogP contribution is 2.27. The predicted molar refractivity (Wildman–Crippen MR) is 69.6 cm³/mol. The van der Waals surface area contributed by atoms with E-state index in [2.05, 4.69) is 15.8 Å². The number of rotatable bonds is 4. The topological polar surface area (TPSA) is 110 Å². The number of amides is 1. The van der Waals surface area contributed by atoms with Crippen LogP contribution in [-0.4, -0.2) is 18.7 Å². The summed E-state index contributed by atoms with van der Waals surface area (Å²) in [7, 11) is 1.47. The SMILES string of the molecule is COc1ccc(NC(C)=O)cc1NN=C(C#N)C#N. The molecule has 7 heteroatoms. The van der Waals surface area contributed by atoms with Crippen molar-refractivity contribution >= 4 is 23.0 Å². The van der Waals surface area contributed by atoms with Crippen molar-refractivity contribution in [3.63, 3.8) is 0 Å². The van der Waals surface area contributed by atoms with Crippen LogP contribution in [0, 0.1) is 22.7 Å². The van der Waals surface area contributed by atoms with Gasteiger partial charge in [0, 0.05) is 12.6 Å². The summed E-state index contributed by atoms with van der Waals surface area (Å²) < 4.78 is 5.09. The molecule has 1 rings (SSSR count). The lowest BCUT2D eigenvalue weighted by Gasteiger charge is -2.10.